The second kappa shape index (κ2) is 7.29. The molecule has 1 aromatic carbocycles. The van der Waals surface area contributed by atoms with Gasteiger partial charge >= 0.3 is 12.1 Å². The summed E-state index contributed by atoms with van der Waals surface area (Å²) in [5.74, 6) is -1.09. The van der Waals surface area contributed by atoms with Crippen LogP contribution in [-0.2, 0) is 20.9 Å². The minimum Gasteiger partial charge on any atom is -0.479 e. The first-order valence-corrected chi connectivity index (χ1v) is 5.38. The van der Waals surface area contributed by atoms with E-state index in [1.54, 1.807) is 0 Å². The van der Waals surface area contributed by atoms with Crippen molar-refractivity contribution < 1.29 is 24.2 Å². The summed E-state index contributed by atoms with van der Waals surface area (Å²) in [6.07, 6.45) is -1.63. The van der Waals surface area contributed by atoms with Crippen molar-refractivity contribution in [3.05, 3.63) is 35.9 Å². The smallest absolute Gasteiger partial charge is 0.409 e. The number of rotatable bonds is 6. The first-order valence-electron chi connectivity index (χ1n) is 5.38. The summed E-state index contributed by atoms with van der Waals surface area (Å²) in [5.41, 5.74) is 0.868. The lowest BCUT2D eigenvalue weighted by molar-refractivity contribution is -0.149. The Bertz CT molecular complexity index is 393. The van der Waals surface area contributed by atoms with E-state index >= 15 is 0 Å². The van der Waals surface area contributed by atoms with Crippen LogP contribution in [0.15, 0.2) is 30.3 Å². The van der Waals surface area contributed by atoms with Crippen molar-refractivity contribution >= 4 is 12.1 Å². The van der Waals surface area contributed by atoms with E-state index in [0.29, 0.717) is 0 Å². The number of amides is 1. The maximum atomic E-state index is 11.2. The number of carboxylic acids is 1. The zero-order valence-corrected chi connectivity index (χ0v) is 9.96. The second-order valence-corrected chi connectivity index (χ2v) is 3.53. The molecule has 2 N–H and O–H groups in total. The van der Waals surface area contributed by atoms with Crippen LogP contribution in [0.4, 0.5) is 4.79 Å². The fourth-order valence-corrected chi connectivity index (χ4v) is 1.07. The maximum absolute atomic E-state index is 11.2. The average Bonchev–Trinajstić information content (AvgIpc) is 2.37. The molecular weight excluding hydrogens is 238 g/mol. The second-order valence-electron chi connectivity index (χ2n) is 3.53. The molecule has 0 aliphatic heterocycles. The highest BCUT2D eigenvalue weighted by atomic mass is 16.6. The molecule has 0 radical (unpaired) electrons. The molecule has 1 aromatic rings. The molecule has 6 heteroatoms. The Kier molecular flexibility index (Phi) is 5.66. The molecule has 0 aliphatic carbocycles. The highest BCUT2D eigenvalue weighted by molar-refractivity contribution is 5.71. The topological polar surface area (TPSA) is 84.9 Å². The van der Waals surface area contributed by atoms with E-state index in [1.165, 1.54) is 6.92 Å². The Labute approximate surface area is 105 Å². The number of hydrogen-bond donors (Lipinski definition) is 2. The Hall–Kier alpha value is -2.08. The van der Waals surface area contributed by atoms with Crippen LogP contribution in [0.1, 0.15) is 12.5 Å². The monoisotopic (exact) mass is 253 g/mol. The summed E-state index contributed by atoms with van der Waals surface area (Å²) in [6.45, 7) is 1.32. The quantitative estimate of drug-likeness (QED) is 0.748. The number of benzene rings is 1. The molecular formula is C12H15NO5. The van der Waals surface area contributed by atoms with Crippen molar-refractivity contribution in [2.45, 2.75) is 19.6 Å². The summed E-state index contributed by atoms with van der Waals surface area (Å²) in [7, 11) is 0. The molecule has 0 bridgehead atoms. The summed E-state index contributed by atoms with van der Waals surface area (Å²) in [5, 5.41) is 10.8. The van der Waals surface area contributed by atoms with Crippen molar-refractivity contribution in [2.75, 3.05) is 6.73 Å². The zero-order chi connectivity index (χ0) is 13.4. The average molecular weight is 253 g/mol. The van der Waals surface area contributed by atoms with E-state index in [2.05, 4.69) is 5.32 Å². The van der Waals surface area contributed by atoms with Crippen LogP contribution >= 0.6 is 0 Å². The number of hydrogen-bond acceptors (Lipinski definition) is 4. The largest absolute Gasteiger partial charge is 0.479 e. The lowest BCUT2D eigenvalue weighted by atomic mass is 10.2. The van der Waals surface area contributed by atoms with E-state index in [1.807, 2.05) is 30.3 Å². The molecule has 1 atom stereocenters. The van der Waals surface area contributed by atoms with Crippen molar-refractivity contribution in [3.63, 3.8) is 0 Å². The number of nitrogens with one attached hydrogen (secondary N) is 1. The lowest BCUT2D eigenvalue weighted by Crippen LogP contribution is -2.31. The van der Waals surface area contributed by atoms with Gasteiger partial charge in [-0.3, -0.25) is 5.32 Å². The van der Waals surface area contributed by atoms with Crippen molar-refractivity contribution in [1.82, 2.24) is 5.32 Å². The molecule has 18 heavy (non-hydrogen) atoms. The minimum atomic E-state index is -1.09. The molecule has 0 saturated heterocycles. The van der Waals surface area contributed by atoms with Crippen LogP contribution in [0.2, 0.25) is 0 Å². The minimum absolute atomic E-state index is 0.154. The Morgan fingerprint density at radius 3 is 2.61 bits per heavy atom. The van der Waals surface area contributed by atoms with E-state index in [9.17, 15) is 9.59 Å². The van der Waals surface area contributed by atoms with Gasteiger partial charge in [-0.05, 0) is 12.5 Å². The van der Waals surface area contributed by atoms with Crippen LogP contribution in [0, 0.1) is 0 Å². The third-order valence-corrected chi connectivity index (χ3v) is 2.11. The van der Waals surface area contributed by atoms with Gasteiger partial charge in [-0.1, -0.05) is 30.3 Å². The van der Waals surface area contributed by atoms with E-state index in [4.69, 9.17) is 14.6 Å². The Morgan fingerprint density at radius 1 is 1.33 bits per heavy atom. The molecule has 0 fully saturated rings. The van der Waals surface area contributed by atoms with Crippen LogP contribution < -0.4 is 5.32 Å². The molecule has 1 rings (SSSR count). The van der Waals surface area contributed by atoms with Crippen LogP contribution in [0.25, 0.3) is 0 Å². The third kappa shape index (κ3) is 5.31. The van der Waals surface area contributed by atoms with Gasteiger partial charge in [0.25, 0.3) is 0 Å². The normalized spacial score (nSPS) is 11.6. The van der Waals surface area contributed by atoms with E-state index in [-0.39, 0.29) is 13.3 Å². The zero-order valence-electron chi connectivity index (χ0n) is 9.96. The fraction of sp³-hybridized carbons (Fsp3) is 0.333. The predicted molar refractivity (Wildman–Crippen MR) is 62.8 cm³/mol. The van der Waals surface area contributed by atoms with Gasteiger partial charge in [-0.15, -0.1) is 0 Å². The fourth-order valence-electron chi connectivity index (χ4n) is 1.07. The highest BCUT2D eigenvalue weighted by Crippen LogP contribution is 2.00. The van der Waals surface area contributed by atoms with Crippen molar-refractivity contribution in [1.29, 1.82) is 0 Å². The van der Waals surface area contributed by atoms with Gasteiger partial charge < -0.3 is 14.6 Å². The first kappa shape index (κ1) is 14.0. The molecule has 0 aliphatic rings. The molecule has 0 saturated carbocycles. The van der Waals surface area contributed by atoms with Gasteiger partial charge in [-0.2, -0.15) is 0 Å². The number of carbonyl (C=O) groups excluding carboxylic acids is 1. The SMILES string of the molecule is C[C@H](OCNC(=O)OCc1ccccc1)C(=O)O. The van der Waals surface area contributed by atoms with Gasteiger partial charge in [-0.25, -0.2) is 9.59 Å². The summed E-state index contributed by atoms with van der Waals surface area (Å²) < 4.78 is 9.71. The van der Waals surface area contributed by atoms with Gasteiger partial charge in [0.05, 0.1) is 0 Å². The highest BCUT2D eigenvalue weighted by Gasteiger charge is 2.11. The van der Waals surface area contributed by atoms with Crippen molar-refractivity contribution in [2.24, 2.45) is 0 Å². The summed E-state index contributed by atoms with van der Waals surface area (Å²) in [4.78, 5) is 21.6. The summed E-state index contributed by atoms with van der Waals surface area (Å²) in [6, 6.07) is 9.21. The van der Waals surface area contributed by atoms with Crippen LogP contribution in [0.3, 0.4) is 0 Å². The Balaban J connectivity index is 2.17. The number of alkyl carbamates (subject to hydrolysis) is 1. The van der Waals surface area contributed by atoms with Crippen LogP contribution in [-0.4, -0.2) is 30.0 Å². The van der Waals surface area contributed by atoms with E-state index < -0.39 is 18.2 Å². The number of ether oxygens (including phenoxy) is 2. The van der Waals surface area contributed by atoms with Crippen LogP contribution in [0.5, 0.6) is 0 Å². The van der Waals surface area contributed by atoms with E-state index in [0.717, 1.165) is 5.56 Å². The molecule has 0 aromatic heterocycles. The molecule has 6 nitrogen and oxygen atoms in total. The lowest BCUT2D eigenvalue weighted by Gasteiger charge is -2.10. The first-order chi connectivity index (χ1) is 8.59. The predicted octanol–water partition coefficient (Wildman–Crippen LogP) is 1.36. The maximum Gasteiger partial charge on any atom is 0.409 e. The third-order valence-electron chi connectivity index (χ3n) is 2.11. The molecule has 0 unspecified atom stereocenters. The summed E-state index contributed by atoms with van der Waals surface area (Å²) >= 11 is 0. The molecule has 0 spiro atoms. The van der Waals surface area contributed by atoms with Gasteiger partial charge in [0.2, 0.25) is 0 Å². The number of carbonyl (C=O) groups is 2. The van der Waals surface area contributed by atoms with Gasteiger partial charge in [0.15, 0.2) is 6.10 Å². The standard InChI is InChI=1S/C12H15NO5/c1-9(11(14)15)18-8-13-12(16)17-7-10-5-3-2-4-6-10/h2-6,9H,7-8H2,1H3,(H,13,16)(H,14,15)/t9-/m0/s1. The van der Waals surface area contributed by atoms with Crippen molar-refractivity contribution in [3.8, 4) is 0 Å². The number of carboxylic acid groups (broad SMARTS) is 1. The molecule has 1 amide bonds. The van der Waals surface area contributed by atoms with Gasteiger partial charge in [0.1, 0.15) is 13.3 Å². The Morgan fingerprint density at radius 2 is 2.00 bits per heavy atom. The van der Waals surface area contributed by atoms with Gasteiger partial charge in [0, 0.05) is 0 Å². The molecule has 0 heterocycles. The molecule has 98 valence electrons. The number of aliphatic carboxylic acids is 1.